The highest BCUT2D eigenvalue weighted by molar-refractivity contribution is 7.20. The molecule has 0 radical (unpaired) electrons. The first-order valence-electron chi connectivity index (χ1n) is 11.1. The Morgan fingerprint density at radius 3 is 2.41 bits per heavy atom. The van der Waals surface area contributed by atoms with Crippen LogP contribution < -0.4 is 26.6 Å². The zero-order chi connectivity index (χ0) is 23.2. The zero-order valence-electron chi connectivity index (χ0n) is 18.8. The van der Waals surface area contributed by atoms with Gasteiger partial charge in [-0.3, -0.25) is 16.3 Å². The van der Waals surface area contributed by atoms with Crippen LogP contribution in [-0.2, 0) is 0 Å². The number of aromatic nitrogens is 1. The summed E-state index contributed by atoms with van der Waals surface area (Å²) < 4.78 is 0. The van der Waals surface area contributed by atoms with Gasteiger partial charge >= 0.3 is 0 Å². The summed E-state index contributed by atoms with van der Waals surface area (Å²) >= 11 is 3.31. The molecule has 1 aliphatic rings. The molecule has 1 fully saturated rings. The topological polar surface area (TPSA) is 89.0 Å². The molecular weight excluding hydrogens is 464 g/mol. The van der Waals surface area contributed by atoms with Crippen LogP contribution >= 0.6 is 22.7 Å². The SMILES string of the molecule is Cc1cc(NNc2ccc(N3CCCC3)s2)ccc1N=Nc1ccc(NNc2nccs2)cc1. The second-order valence-corrected chi connectivity index (χ2v) is 9.87. The van der Waals surface area contributed by atoms with Crippen molar-refractivity contribution >= 4 is 60.6 Å². The van der Waals surface area contributed by atoms with Gasteiger partial charge in [0.15, 0.2) is 0 Å². The van der Waals surface area contributed by atoms with Crippen LogP contribution in [0.4, 0.5) is 37.9 Å². The number of nitrogens with zero attached hydrogens (tertiary/aromatic N) is 4. The van der Waals surface area contributed by atoms with E-state index in [2.05, 4.69) is 60.0 Å². The van der Waals surface area contributed by atoms with E-state index in [1.54, 1.807) is 17.5 Å². The Morgan fingerprint density at radius 2 is 1.65 bits per heavy atom. The number of benzene rings is 2. The van der Waals surface area contributed by atoms with E-state index in [4.69, 9.17) is 0 Å². The maximum Gasteiger partial charge on any atom is 0.201 e. The third-order valence-electron chi connectivity index (χ3n) is 5.42. The number of rotatable bonds is 9. The molecule has 1 saturated heterocycles. The van der Waals surface area contributed by atoms with Gasteiger partial charge in [0.25, 0.3) is 0 Å². The highest BCUT2D eigenvalue weighted by Gasteiger charge is 2.14. The fourth-order valence-electron chi connectivity index (χ4n) is 3.62. The first-order valence-corrected chi connectivity index (χ1v) is 12.8. The molecule has 10 heteroatoms. The minimum absolute atomic E-state index is 0.787. The smallest absolute Gasteiger partial charge is 0.201 e. The Labute approximate surface area is 206 Å². The highest BCUT2D eigenvalue weighted by Crippen LogP contribution is 2.32. The third-order valence-corrected chi connectivity index (χ3v) is 7.17. The van der Waals surface area contributed by atoms with E-state index in [-0.39, 0.29) is 0 Å². The summed E-state index contributed by atoms with van der Waals surface area (Å²) in [5.74, 6) is 0. The number of hydrogen-bond donors (Lipinski definition) is 4. The van der Waals surface area contributed by atoms with Crippen molar-refractivity contribution in [2.24, 2.45) is 10.2 Å². The predicted molar refractivity (Wildman–Crippen MR) is 144 cm³/mol. The summed E-state index contributed by atoms with van der Waals surface area (Å²) in [6.45, 7) is 4.36. The van der Waals surface area contributed by atoms with Gasteiger partial charge in [-0.05, 0) is 79.9 Å². The summed E-state index contributed by atoms with van der Waals surface area (Å²) in [5, 5.41) is 14.0. The molecule has 0 aliphatic carbocycles. The fourth-order valence-corrected chi connectivity index (χ4v) is 5.01. The quantitative estimate of drug-likeness (QED) is 0.144. The molecule has 4 N–H and O–H groups in total. The van der Waals surface area contributed by atoms with Crippen LogP contribution in [0.2, 0.25) is 0 Å². The van der Waals surface area contributed by atoms with E-state index in [0.717, 1.165) is 51.5 Å². The lowest BCUT2D eigenvalue weighted by Crippen LogP contribution is -2.15. The van der Waals surface area contributed by atoms with E-state index >= 15 is 0 Å². The van der Waals surface area contributed by atoms with Crippen LogP contribution in [0.5, 0.6) is 0 Å². The van der Waals surface area contributed by atoms with Gasteiger partial charge in [0.1, 0.15) is 5.00 Å². The minimum Gasteiger partial charge on any atom is -0.363 e. The molecule has 0 unspecified atom stereocenters. The van der Waals surface area contributed by atoms with Crippen LogP contribution in [0.1, 0.15) is 18.4 Å². The molecule has 0 bridgehead atoms. The predicted octanol–water partition coefficient (Wildman–Crippen LogP) is 7.41. The Kier molecular flexibility index (Phi) is 6.87. The highest BCUT2D eigenvalue weighted by atomic mass is 32.1. The molecular formula is C24H26N8S2. The van der Waals surface area contributed by atoms with E-state index < -0.39 is 0 Å². The number of hydrogen-bond acceptors (Lipinski definition) is 10. The number of anilines is 5. The van der Waals surface area contributed by atoms with Crippen LogP contribution in [0.3, 0.4) is 0 Å². The Morgan fingerprint density at radius 1 is 0.853 bits per heavy atom. The van der Waals surface area contributed by atoms with Gasteiger partial charge in [-0.2, -0.15) is 10.2 Å². The second kappa shape index (κ2) is 10.5. The zero-order valence-corrected chi connectivity index (χ0v) is 20.4. The maximum atomic E-state index is 4.43. The van der Waals surface area contributed by atoms with Crippen molar-refractivity contribution in [1.82, 2.24) is 4.98 Å². The number of nitrogens with one attached hydrogen (secondary N) is 4. The number of aryl methyl sites for hydroxylation is 1. The number of thiazole rings is 1. The molecule has 4 aromatic rings. The molecule has 0 amide bonds. The number of thiophene rings is 1. The first-order chi connectivity index (χ1) is 16.7. The lowest BCUT2D eigenvalue weighted by atomic mass is 10.2. The van der Waals surface area contributed by atoms with E-state index in [1.807, 2.05) is 48.7 Å². The number of azo groups is 1. The van der Waals surface area contributed by atoms with Crippen molar-refractivity contribution in [2.75, 3.05) is 39.7 Å². The van der Waals surface area contributed by atoms with Gasteiger partial charge in [-0.15, -0.1) is 11.3 Å². The van der Waals surface area contributed by atoms with Crippen LogP contribution in [-0.4, -0.2) is 18.1 Å². The Balaban J connectivity index is 1.14. The Hall–Kier alpha value is -3.63. The van der Waals surface area contributed by atoms with Gasteiger partial charge in [0.05, 0.1) is 27.8 Å². The molecule has 2 aromatic carbocycles. The average Bonchev–Trinajstić information content (AvgIpc) is 3.64. The summed E-state index contributed by atoms with van der Waals surface area (Å²) in [4.78, 5) is 6.62. The second-order valence-electron chi connectivity index (χ2n) is 7.92. The van der Waals surface area contributed by atoms with Crippen LogP contribution in [0, 0.1) is 6.92 Å². The van der Waals surface area contributed by atoms with E-state index in [0.29, 0.717) is 0 Å². The third kappa shape index (κ3) is 5.64. The molecule has 0 spiro atoms. The molecule has 0 atom stereocenters. The lowest BCUT2D eigenvalue weighted by molar-refractivity contribution is 0.949. The largest absolute Gasteiger partial charge is 0.363 e. The monoisotopic (exact) mass is 490 g/mol. The van der Waals surface area contributed by atoms with E-state index in [1.165, 1.54) is 29.2 Å². The van der Waals surface area contributed by atoms with Gasteiger partial charge in [-0.25, -0.2) is 4.98 Å². The normalized spacial score (nSPS) is 13.4. The van der Waals surface area contributed by atoms with Crippen molar-refractivity contribution in [3.05, 3.63) is 71.7 Å². The number of hydrazine groups is 2. The van der Waals surface area contributed by atoms with Crippen molar-refractivity contribution in [1.29, 1.82) is 0 Å². The molecule has 3 heterocycles. The van der Waals surface area contributed by atoms with Crippen molar-refractivity contribution in [3.63, 3.8) is 0 Å². The fraction of sp³-hybridized carbons (Fsp3) is 0.208. The summed E-state index contributed by atoms with van der Waals surface area (Å²) in [7, 11) is 0. The van der Waals surface area contributed by atoms with Crippen LogP contribution in [0.25, 0.3) is 0 Å². The molecule has 2 aromatic heterocycles. The van der Waals surface area contributed by atoms with Gasteiger partial charge in [0, 0.05) is 24.7 Å². The molecule has 5 rings (SSSR count). The lowest BCUT2D eigenvalue weighted by Gasteiger charge is -2.14. The molecule has 1 aliphatic heterocycles. The molecule has 0 saturated carbocycles. The maximum absolute atomic E-state index is 4.43. The first kappa shape index (κ1) is 22.2. The van der Waals surface area contributed by atoms with Crippen LogP contribution in [0.15, 0.2) is 76.4 Å². The van der Waals surface area contributed by atoms with E-state index in [9.17, 15) is 0 Å². The van der Waals surface area contributed by atoms with Crippen molar-refractivity contribution < 1.29 is 0 Å². The van der Waals surface area contributed by atoms with Crippen molar-refractivity contribution in [2.45, 2.75) is 19.8 Å². The average molecular weight is 491 g/mol. The van der Waals surface area contributed by atoms with Gasteiger partial charge in [-0.1, -0.05) is 11.3 Å². The molecule has 174 valence electrons. The van der Waals surface area contributed by atoms with Gasteiger partial charge < -0.3 is 10.3 Å². The Bertz CT molecular complexity index is 1230. The standard InChI is InChI=1S/C24H26N8S2/c1-17-16-20(28-30-22-10-11-23(34-22)32-13-2-3-14-32)8-9-21(17)29-26-18-4-6-19(7-5-18)27-31-24-25-12-15-33-24/h4-12,15-16,27-28,30H,2-3,13-14H2,1H3,(H,25,31). The molecule has 8 nitrogen and oxygen atoms in total. The minimum atomic E-state index is 0.787. The van der Waals surface area contributed by atoms with Crippen molar-refractivity contribution in [3.8, 4) is 0 Å². The summed E-state index contributed by atoms with van der Waals surface area (Å²) in [6.07, 6.45) is 4.33. The summed E-state index contributed by atoms with van der Waals surface area (Å²) in [5.41, 5.74) is 17.3. The molecule has 34 heavy (non-hydrogen) atoms. The van der Waals surface area contributed by atoms with Gasteiger partial charge in [0.2, 0.25) is 5.13 Å². The summed E-state index contributed by atoms with van der Waals surface area (Å²) in [6, 6.07) is 18.1.